The van der Waals surface area contributed by atoms with E-state index in [0.717, 1.165) is 0 Å². The first-order valence-corrected chi connectivity index (χ1v) is 6.64. The Bertz CT molecular complexity index is 469. The van der Waals surface area contributed by atoms with Crippen molar-refractivity contribution in [2.75, 3.05) is 6.54 Å². The monoisotopic (exact) mass is 278 g/mol. The number of carboxylic acid groups (broad SMARTS) is 1. The van der Waals surface area contributed by atoms with Crippen molar-refractivity contribution in [2.45, 2.75) is 38.8 Å². The minimum absolute atomic E-state index is 0.0885. The molecule has 1 rings (SSSR count). The fraction of sp³-hybridized carbons (Fsp3) is 0.467. The van der Waals surface area contributed by atoms with Gasteiger partial charge in [-0.2, -0.15) is 0 Å². The lowest BCUT2D eigenvalue weighted by molar-refractivity contribution is -0.141. The van der Waals surface area contributed by atoms with Gasteiger partial charge in [-0.15, -0.1) is 0 Å². The normalized spacial score (nSPS) is 13.8. The molecule has 0 spiro atoms. The van der Waals surface area contributed by atoms with Crippen molar-refractivity contribution in [2.24, 2.45) is 5.73 Å². The molecule has 1 unspecified atom stereocenters. The Morgan fingerprint density at radius 2 is 1.85 bits per heavy atom. The molecule has 20 heavy (non-hydrogen) atoms. The second-order valence-electron chi connectivity index (χ2n) is 5.30. The van der Waals surface area contributed by atoms with Gasteiger partial charge >= 0.3 is 5.97 Å². The summed E-state index contributed by atoms with van der Waals surface area (Å²) in [6, 6.07) is 9.00. The number of carbonyl (C=O) groups is 2. The third-order valence-electron chi connectivity index (χ3n) is 3.27. The summed E-state index contributed by atoms with van der Waals surface area (Å²) < 4.78 is 0. The van der Waals surface area contributed by atoms with Crippen molar-refractivity contribution < 1.29 is 14.7 Å². The van der Waals surface area contributed by atoms with E-state index in [0.29, 0.717) is 5.56 Å². The summed E-state index contributed by atoms with van der Waals surface area (Å²) in [5.74, 6) is -1.19. The van der Waals surface area contributed by atoms with Crippen molar-refractivity contribution in [3.63, 3.8) is 0 Å². The Balaban J connectivity index is 2.96. The van der Waals surface area contributed by atoms with Crippen LogP contribution in [-0.4, -0.2) is 34.5 Å². The zero-order valence-electron chi connectivity index (χ0n) is 12.2. The Labute approximate surface area is 119 Å². The third kappa shape index (κ3) is 3.81. The topological polar surface area (TPSA) is 83.6 Å². The second kappa shape index (κ2) is 6.52. The van der Waals surface area contributed by atoms with Crippen LogP contribution in [0.2, 0.25) is 0 Å². The van der Waals surface area contributed by atoms with Crippen LogP contribution in [0.15, 0.2) is 30.3 Å². The fourth-order valence-electron chi connectivity index (χ4n) is 2.02. The van der Waals surface area contributed by atoms with Crippen molar-refractivity contribution in [3.05, 3.63) is 35.9 Å². The van der Waals surface area contributed by atoms with Crippen LogP contribution in [0.1, 0.15) is 32.8 Å². The highest BCUT2D eigenvalue weighted by molar-refractivity contribution is 5.87. The predicted molar refractivity (Wildman–Crippen MR) is 77.1 cm³/mol. The van der Waals surface area contributed by atoms with Crippen LogP contribution in [0.4, 0.5) is 0 Å². The van der Waals surface area contributed by atoms with Crippen molar-refractivity contribution in [1.29, 1.82) is 0 Å². The maximum absolute atomic E-state index is 12.6. The summed E-state index contributed by atoms with van der Waals surface area (Å²) in [5.41, 5.74) is 5.74. The number of rotatable bonds is 6. The minimum atomic E-state index is -1.16. The number of carbonyl (C=O) groups excluding carboxylic acids is 1. The largest absolute Gasteiger partial charge is 0.481 e. The highest BCUT2D eigenvalue weighted by atomic mass is 16.4. The summed E-state index contributed by atoms with van der Waals surface area (Å²) in [5, 5.41) is 8.78. The maximum Gasteiger partial charge on any atom is 0.305 e. The Morgan fingerprint density at radius 3 is 2.30 bits per heavy atom. The molecular formula is C15H22N2O3. The molecule has 0 aliphatic rings. The first kappa shape index (κ1) is 16.2. The Hall–Kier alpha value is -1.88. The fourth-order valence-corrected chi connectivity index (χ4v) is 2.02. The van der Waals surface area contributed by atoms with Gasteiger partial charge in [0.1, 0.15) is 5.54 Å². The minimum Gasteiger partial charge on any atom is -0.481 e. The van der Waals surface area contributed by atoms with Crippen LogP contribution in [0, 0.1) is 0 Å². The first-order valence-electron chi connectivity index (χ1n) is 6.64. The number of nitrogens with zero attached hydrogens (tertiary/aromatic N) is 1. The van der Waals surface area contributed by atoms with Gasteiger partial charge in [0, 0.05) is 12.6 Å². The van der Waals surface area contributed by atoms with Crippen LogP contribution >= 0.6 is 0 Å². The summed E-state index contributed by atoms with van der Waals surface area (Å²) in [6.07, 6.45) is -0.0885. The Kier molecular flexibility index (Phi) is 5.27. The maximum atomic E-state index is 12.6. The van der Waals surface area contributed by atoms with Crippen LogP contribution < -0.4 is 5.73 Å². The van der Waals surface area contributed by atoms with E-state index in [2.05, 4.69) is 0 Å². The standard InChI is InChI=1S/C15H22N2O3/c1-11(2)17(10-9-13(18)19)14(20)15(3,16)12-7-5-4-6-8-12/h4-8,11H,9-10,16H2,1-3H3,(H,18,19). The molecule has 0 radical (unpaired) electrons. The SMILES string of the molecule is CC(C)N(CCC(=O)O)C(=O)C(C)(N)c1ccccc1. The highest BCUT2D eigenvalue weighted by Gasteiger charge is 2.35. The van der Waals surface area contributed by atoms with E-state index >= 15 is 0 Å². The highest BCUT2D eigenvalue weighted by Crippen LogP contribution is 2.21. The molecule has 5 heteroatoms. The summed E-state index contributed by atoms with van der Waals surface area (Å²) in [6.45, 7) is 5.51. The molecular weight excluding hydrogens is 256 g/mol. The number of hydrogen-bond donors (Lipinski definition) is 2. The molecule has 0 bridgehead atoms. The molecule has 0 aliphatic heterocycles. The molecule has 0 fully saturated rings. The summed E-state index contributed by atoms with van der Waals surface area (Å²) in [4.78, 5) is 24.8. The van der Waals surface area contributed by atoms with E-state index in [4.69, 9.17) is 10.8 Å². The summed E-state index contributed by atoms with van der Waals surface area (Å²) >= 11 is 0. The molecule has 0 aliphatic carbocycles. The van der Waals surface area contributed by atoms with Gasteiger partial charge in [0.05, 0.1) is 6.42 Å². The van der Waals surface area contributed by atoms with Gasteiger partial charge in [-0.1, -0.05) is 30.3 Å². The predicted octanol–water partition coefficient (Wildman–Crippen LogP) is 1.57. The molecule has 0 heterocycles. The van der Waals surface area contributed by atoms with Gasteiger partial charge in [0.2, 0.25) is 5.91 Å². The van der Waals surface area contributed by atoms with Gasteiger partial charge in [-0.25, -0.2) is 0 Å². The van der Waals surface area contributed by atoms with Gasteiger partial charge in [0.15, 0.2) is 0 Å². The van der Waals surface area contributed by atoms with Gasteiger partial charge < -0.3 is 15.7 Å². The third-order valence-corrected chi connectivity index (χ3v) is 3.27. The van der Waals surface area contributed by atoms with Gasteiger partial charge in [-0.3, -0.25) is 9.59 Å². The number of carboxylic acids is 1. The first-order chi connectivity index (χ1) is 9.26. The number of amides is 1. The molecule has 1 amide bonds. The lowest BCUT2D eigenvalue weighted by Crippen LogP contribution is -2.53. The van der Waals surface area contributed by atoms with Crippen LogP contribution in [0.5, 0.6) is 0 Å². The number of benzene rings is 1. The number of hydrogen-bond acceptors (Lipinski definition) is 3. The molecule has 1 aromatic carbocycles. The van der Waals surface area contributed by atoms with E-state index in [1.165, 1.54) is 4.90 Å². The van der Waals surface area contributed by atoms with Crippen LogP contribution in [-0.2, 0) is 15.1 Å². The van der Waals surface area contributed by atoms with E-state index in [1.807, 2.05) is 32.0 Å². The molecule has 0 saturated carbocycles. The molecule has 3 N–H and O–H groups in total. The smallest absolute Gasteiger partial charge is 0.305 e. The quantitative estimate of drug-likeness (QED) is 0.827. The molecule has 1 atom stereocenters. The number of nitrogens with two attached hydrogens (primary N) is 1. The van der Waals surface area contributed by atoms with Gasteiger partial charge in [0.25, 0.3) is 0 Å². The number of aliphatic carboxylic acids is 1. The van der Waals surface area contributed by atoms with E-state index in [-0.39, 0.29) is 24.9 Å². The van der Waals surface area contributed by atoms with Crippen LogP contribution in [0.3, 0.4) is 0 Å². The Morgan fingerprint density at radius 1 is 1.30 bits per heavy atom. The van der Waals surface area contributed by atoms with E-state index in [9.17, 15) is 9.59 Å². The molecule has 0 saturated heterocycles. The zero-order chi connectivity index (χ0) is 15.3. The van der Waals surface area contributed by atoms with Crippen LogP contribution in [0.25, 0.3) is 0 Å². The second-order valence-corrected chi connectivity index (χ2v) is 5.30. The van der Waals surface area contributed by atoms with Crippen molar-refractivity contribution in [1.82, 2.24) is 4.90 Å². The molecule has 0 aromatic heterocycles. The average Bonchev–Trinajstić information content (AvgIpc) is 2.39. The summed E-state index contributed by atoms with van der Waals surface area (Å²) in [7, 11) is 0. The molecule has 110 valence electrons. The van der Waals surface area contributed by atoms with Crippen molar-refractivity contribution >= 4 is 11.9 Å². The zero-order valence-corrected chi connectivity index (χ0v) is 12.2. The lowest BCUT2D eigenvalue weighted by atomic mass is 9.91. The van der Waals surface area contributed by atoms with E-state index in [1.54, 1.807) is 19.1 Å². The molecule has 5 nitrogen and oxygen atoms in total. The van der Waals surface area contributed by atoms with E-state index < -0.39 is 11.5 Å². The average molecular weight is 278 g/mol. The van der Waals surface area contributed by atoms with Gasteiger partial charge in [-0.05, 0) is 26.3 Å². The lowest BCUT2D eigenvalue weighted by Gasteiger charge is -2.34. The molecule has 1 aromatic rings. The van der Waals surface area contributed by atoms with Crippen molar-refractivity contribution in [3.8, 4) is 0 Å².